The molecule has 0 spiro atoms. The highest BCUT2D eigenvalue weighted by molar-refractivity contribution is 7.88. The summed E-state index contributed by atoms with van der Waals surface area (Å²) in [7, 11) is -1.84. The van der Waals surface area contributed by atoms with Crippen LogP contribution >= 0.6 is 0 Å². The zero-order chi connectivity index (χ0) is 24.6. The molecule has 9 heteroatoms. The van der Waals surface area contributed by atoms with Crippen LogP contribution < -0.4 is 10.6 Å². The molecule has 2 amide bonds. The zero-order valence-corrected chi connectivity index (χ0v) is 20.6. The fraction of sp³-hybridized carbons (Fsp3) is 0.440. The van der Waals surface area contributed by atoms with Gasteiger partial charge in [0.25, 0.3) is 5.91 Å². The van der Waals surface area contributed by atoms with Crippen LogP contribution in [0.5, 0.6) is 0 Å². The molecule has 1 heterocycles. The molecule has 1 fully saturated rings. The number of benzene rings is 2. The normalized spacial score (nSPS) is 15.1. The summed E-state index contributed by atoms with van der Waals surface area (Å²) in [5.74, 6) is -0.819. The highest BCUT2D eigenvalue weighted by Gasteiger charge is 2.31. The number of nitrogens with zero attached hydrogens (tertiary/aromatic N) is 1. The van der Waals surface area contributed by atoms with Gasteiger partial charge in [-0.1, -0.05) is 42.0 Å². The molecule has 2 N–H and O–H groups in total. The Balaban J connectivity index is 1.55. The first-order chi connectivity index (χ1) is 16.3. The Kier molecular flexibility index (Phi) is 9.20. The first-order valence-electron chi connectivity index (χ1n) is 11.5. The van der Waals surface area contributed by atoms with Gasteiger partial charge in [-0.15, -0.1) is 0 Å². The summed E-state index contributed by atoms with van der Waals surface area (Å²) in [6, 6.07) is 14.4. The van der Waals surface area contributed by atoms with Crippen molar-refractivity contribution >= 4 is 27.5 Å². The van der Waals surface area contributed by atoms with Crippen LogP contribution in [0.25, 0.3) is 0 Å². The zero-order valence-electron chi connectivity index (χ0n) is 19.7. The van der Waals surface area contributed by atoms with E-state index in [-0.39, 0.29) is 23.5 Å². The van der Waals surface area contributed by atoms with Crippen LogP contribution in [0.1, 0.15) is 40.7 Å². The van der Waals surface area contributed by atoms with E-state index in [1.165, 1.54) is 4.31 Å². The van der Waals surface area contributed by atoms with Gasteiger partial charge in [0.05, 0.1) is 17.0 Å². The van der Waals surface area contributed by atoms with E-state index in [4.69, 9.17) is 4.74 Å². The number of aryl methyl sites for hydroxylation is 1. The molecule has 0 radical (unpaired) electrons. The predicted octanol–water partition coefficient (Wildman–Crippen LogP) is 2.94. The summed E-state index contributed by atoms with van der Waals surface area (Å²) in [5.41, 5.74) is 2.63. The number of para-hydroxylation sites is 1. The summed E-state index contributed by atoms with van der Waals surface area (Å²) < 4.78 is 32.2. The van der Waals surface area contributed by atoms with Gasteiger partial charge in [-0.2, -0.15) is 0 Å². The fourth-order valence-corrected chi connectivity index (χ4v) is 5.59. The molecule has 0 aliphatic carbocycles. The minimum Gasteiger partial charge on any atom is -0.385 e. The van der Waals surface area contributed by atoms with Gasteiger partial charge in [-0.05, 0) is 43.9 Å². The van der Waals surface area contributed by atoms with Gasteiger partial charge in [0.15, 0.2) is 0 Å². The van der Waals surface area contributed by atoms with E-state index in [1.807, 2.05) is 31.2 Å². The van der Waals surface area contributed by atoms with Crippen molar-refractivity contribution in [1.82, 2.24) is 9.62 Å². The number of anilines is 1. The molecular weight excluding hydrogens is 454 g/mol. The van der Waals surface area contributed by atoms with E-state index in [0.29, 0.717) is 56.8 Å². The number of rotatable bonds is 10. The quantitative estimate of drug-likeness (QED) is 0.502. The second-order valence-corrected chi connectivity index (χ2v) is 10.5. The highest BCUT2D eigenvalue weighted by atomic mass is 32.2. The van der Waals surface area contributed by atoms with Crippen molar-refractivity contribution < 1.29 is 22.7 Å². The van der Waals surface area contributed by atoms with E-state index in [1.54, 1.807) is 31.4 Å². The Morgan fingerprint density at radius 1 is 1.09 bits per heavy atom. The van der Waals surface area contributed by atoms with Gasteiger partial charge in [-0.25, -0.2) is 12.7 Å². The lowest BCUT2D eigenvalue weighted by atomic mass is 9.97. The smallest absolute Gasteiger partial charge is 0.253 e. The minimum absolute atomic E-state index is 0.0432. The molecule has 8 nitrogen and oxygen atoms in total. The number of nitrogens with one attached hydrogen (secondary N) is 2. The van der Waals surface area contributed by atoms with Crippen LogP contribution in [-0.4, -0.2) is 57.9 Å². The summed E-state index contributed by atoms with van der Waals surface area (Å²) in [4.78, 5) is 25.4. The molecule has 0 saturated carbocycles. The molecule has 0 bridgehead atoms. The van der Waals surface area contributed by atoms with Crippen LogP contribution in [0.4, 0.5) is 5.69 Å². The van der Waals surface area contributed by atoms with Crippen molar-refractivity contribution in [2.45, 2.75) is 31.9 Å². The largest absolute Gasteiger partial charge is 0.385 e. The molecule has 184 valence electrons. The molecule has 2 aromatic rings. The predicted molar refractivity (Wildman–Crippen MR) is 132 cm³/mol. The van der Waals surface area contributed by atoms with Gasteiger partial charge in [0.1, 0.15) is 0 Å². The number of methoxy groups -OCH3 is 1. The number of hydrogen-bond donors (Lipinski definition) is 2. The number of amides is 2. The topological polar surface area (TPSA) is 105 Å². The Morgan fingerprint density at radius 3 is 2.53 bits per heavy atom. The standard InChI is InChI=1S/C25H33N3O5S/c1-19-7-5-8-20(17-19)18-34(31,32)28-14-11-21(12-15-28)24(29)27-23-10-4-3-9-22(23)25(30)26-13-6-16-33-2/h3-5,7-10,17,21H,6,11-16,18H2,1-2H3,(H,26,30)(H,27,29). The number of carbonyl (C=O) groups is 2. The van der Waals surface area contributed by atoms with Crippen LogP contribution in [-0.2, 0) is 25.3 Å². The van der Waals surface area contributed by atoms with E-state index in [0.717, 1.165) is 11.1 Å². The maximum absolute atomic E-state index is 12.9. The molecule has 1 aliphatic rings. The number of hydrogen-bond acceptors (Lipinski definition) is 5. The Labute approximate surface area is 201 Å². The van der Waals surface area contributed by atoms with Crippen molar-refractivity contribution in [3.63, 3.8) is 0 Å². The van der Waals surface area contributed by atoms with E-state index >= 15 is 0 Å². The van der Waals surface area contributed by atoms with Gasteiger partial charge in [-0.3, -0.25) is 9.59 Å². The summed E-state index contributed by atoms with van der Waals surface area (Å²) >= 11 is 0. The molecule has 3 rings (SSSR count). The summed E-state index contributed by atoms with van der Waals surface area (Å²) in [6.45, 7) is 3.56. The average molecular weight is 488 g/mol. The van der Waals surface area contributed by atoms with Crippen molar-refractivity contribution in [2.75, 3.05) is 38.7 Å². The van der Waals surface area contributed by atoms with Crippen LogP contribution in [0.15, 0.2) is 48.5 Å². The van der Waals surface area contributed by atoms with Crippen LogP contribution in [0.3, 0.4) is 0 Å². The Morgan fingerprint density at radius 2 is 1.82 bits per heavy atom. The Bertz CT molecular complexity index is 1100. The third-order valence-electron chi connectivity index (χ3n) is 5.89. The summed E-state index contributed by atoms with van der Waals surface area (Å²) in [5, 5.41) is 5.70. The monoisotopic (exact) mass is 487 g/mol. The first kappa shape index (κ1) is 25.9. The number of piperidine rings is 1. The summed E-state index contributed by atoms with van der Waals surface area (Å²) in [6.07, 6.45) is 1.57. The lowest BCUT2D eigenvalue weighted by molar-refractivity contribution is -0.120. The fourth-order valence-electron chi connectivity index (χ4n) is 4.04. The SMILES string of the molecule is COCCCNC(=O)c1ccccc1NC(=O)C1CCN(S(=O)(=O)Cc2cccc(C)c2)CC1. The molecule has 2 aromatic carbocycles. The van der Waals surface area contributed by atoms with Crippen molar-refractivity contribution in [1.29, 1.82) is 0 Å². The number of sulfonamides is 1. The third-order valence-corrected chi connectivity index (χ3v) is 7.74. The lowest BCUT2D eigenvalue weighted by Gasteiger charge is -2.30. The minimum atomic E-state index is -3.45. The molecule has 0 aromatic heterocycles. The van der Waals surface area contributed by atoms with Crippen molar-refractivity contribution in [2.24, 2.45) is 5.92 Å². The molecular formula is C25H33N3O5S. The van der Waals surface area contributed by atoms with E-state index in [2.05, 4.69) is 10.6 Å². The van der Waals surface area contributed by atoms with E-state index < -0.39 is 10.0 Å². The lowest BCUT2D eigenvalue weighted by Crippen LogP contribution is -2.42. The highest BCUT2D eigenvalue weighted by Crippen LogP contribution is 2.24. The molecule has 34 heavy (non-hydrogen) atoms. The molecule has 1 aliphatic heterocycles. The first-order valence-corrected chi connectivity index (χ1v) is 13.1. The molecule has 0 atom stereocenters. The molecule has 1 saturated heterocycles. The number of carbonyl (C=O) groups excluding carboxylic acids is 2. The maximum atomic E-state index is 12.9. The third kappa shape index (κ3) is 7.12. The van der Waals surface area contributed by atoms with E-state index in [9.17, 15) is 18.0 Å². The Hall–Kier alpha value is -2.75. The van der Waals surface area contributed by atoms with Gasteiger partial charge >= 0.3 is 0 Å². The van der Waals surface area contributed by atoms with Crippen LogP contribution in [0, 0.1) is 12.8 Å². The van der Waals surface area contributed by atoms with Gasteiger partial charge in [0.2, 0.25) is 15.9 Å². The second kappa shape index (κ2) is 12.1. The average Bonchev–Trinajstić information content (AvgIpc) is 2.82. The van der Waals surface area contributed by atoms with Crippen molar-refractivity contribution in [3.05, 3.63) is 65.2 Å². The van der Waals surface area contributed by atoms with Crippen molar-refractivity contribution in [3.8, 4) is 0 Å². The number of ether oxygens (including phenoxy) is 1. The van der Waals surface area contributed by atoms with Gasteiger partial charge < -0.3 is 15.4 Å². The van der Waals surface area contributed by atoms with Gasteiger partial charge in [0, 0.05) is 39.3 Å². The second-order valence-electron chi connectivity index (χ2n) is 8.56. The maximum Gasteiger partial charge on any atom is 0.253 e. The van der Waals surface area contributed by atoms with Crippen LogP contribution in [0.2, 0.25) is 0 Å². The molecule has 0 unspecified atom stereocenters.